The summed E-state index contributed by atoms with van der Waals surface area (Å²) in [6.45, 7) is 1.43. The lowest BCUT2D eigenvalue weighted by atomic mass is 10.2. The summed E-state index contributed by atoms with van der Waals surface area (Å²) in [5.74, 6) is -0.178. The molecular formula is C12H13N3OS. The molecule has 2 aromatic rings. The van der Waals surface area contributed by atoms with Crippen LogP contribution in [0.1, 0.15) is 6.92 Å². The van der Waals surface area contributed by atoms with Gasteiger partial charge in [0.1, 0.15) is 0 Å². The largest absolute Gasteiger partial charge is 0.350 e. The maximum Gasteiger partial charge on any atom is 0.222 e. The van der Waals surface area contributed by atoms with Gasteiger partial charge in [-0.25, -0.2) is 0 Å². The minimum Gasteiger partial charge on any atom is -0.350 e. The molecule has 4 nitrogen and oxygen atoms in total. The van der Waals surface area contributed by atoms with Crippen molar-refractivity contribution in [1.29, 1.82) is 0 Å². The first-order valence-corrected chi connectivity index (χ1v) is 5.61. The molecule has 0 saturated heterocycles. The summed E-state index contributed by atoms with van der Waals surface area (Å²) in [6, 6.07) is 7.91. The van der Waals surface area contributed by atoms with Gasteiger partial charge in [0.05, 0.1) is 0 Å². The Morgan fingerprint density at radius 1 is 1.35 bits per heavy atom. The number of aryl methyl sites for hydroxylation is 1. The number of fused-ring (bicyclic) bond motifs is 1. The molecule has 17 heavy (non-hydrogen) atoms. The Hall–Kier alpha value is -1.88. The summed E-state index contributed by atoms with van der Waals surface area (Å²) < 4.78 is 2.03. The Morgan fingerprint density at radius 3 is 2.82 bits per heavy atom. The van der Waals surface area contributed by atoms with Crippen LogP contribution in [0.2, 0.25) is 0 Å². The zero-order chi connectivity index (χ0) is 12.4. The third-order valence-corrected chi connectivity index (χ3v) is 2.67. The van der Waals surface area contributed by atoms with Crippen LogP contribution in [0, 0.1) is 0 Å². The highest BCUT2D eigenvalue weighted by Gasteiger charge is 2.05. The van der Waals surface area contributed by atoms with E-state index in [1.807, 2.05) is 42.1 Å². The minimum absolute atomic E-state index is 0.178. The van der Waals surface area contributed by atoms with Crippen molar-refractivity contribution in [3.05, 3.63) is 30.5 Å². The number of nitrogens with zero attached hydrogens (tertiary/aromatic N) is 1. The van der Waals surface area contributed by atoms with E-state index < -0.39 is 0 Å². The molecule has 0 radical (unpaired) electrons. The van der Waals surface area contributed by atoms with Crippen LogP contribution in [-0.2, 0) is 11.8 Å². The third kappa shape index (κ3) is 2.45. The number of hydrogen-bond acceptors (Lipinski definition) is 2. The average Bonchev–Trinajstić information content (AvgIpc) is 2.61. The maximum atomic E-state index is 10.9. The average molecular weight is 247 g/mol. The Morgan fingerprint density at radius 2 is 2.12 bits per heavy atom. The topological polar surface area (TPSA) is 46.1 Å². The molecule has 88 valence electrons. The van der Waals surface area contributed by atoms with E-state index in [4.69, 9.17) is 12.2 Å². The summed E-state index contributed by atoms with van der Waals surface area (Å²) in [7, 11) is 1.98. The monoisotopic (exact) mass is 247 g/mol. The Kier molecular flexibility index (Phi) is 3.10. The predicted octanol–water partition coefficient (Wildman–Crippen LogP) is 2.01. The summed E-state index contributed by atoms with van der Waals surface area (Å²) in [5.41, 5.74) is 2.00. The van der Waals surface area contributed by atoms with Gasteiger partial charge in [-0.3, -0.25) is 4.79 Å². The molecule has 0 bridgehead atoms. The molecule has 2 rings (SSSR count). The molecule has 1 aromatic carbocycles. The number of anilines is 1. The lowest BCUT2D eigenvalue weighted by molar-refractivity contribution is -0.117. The third-order valence-electron chi connectivity index (χ3n) is 2.47. The van der Waals surface area contributed by atoms with Gasteiger partial charge in [-0.1, -0.05) is 6.07 Å². The van der Waals surface area contributed by atoms with E-state index in [2.05, 4.69) is 10.6 Å². The van der Waals surface area contributed by atoms with Crippen LogP contribution in [-0.4, -0.2) is 15.6 Å². The van der Waals surface area contributed by atoms with E-state index in [0.717, 1.165) is 16.6 Å². The molecule has 0 unspecified atom stereocenters. The fourth-order valence-electron chi connectivity index (χ4n) is 1.72. The van der Waals surface area contributed by atoms with Gasteiger partial charge in [-0.05, 0) is 30.4 Å². The van der Waals surface area contributed by atoms with Crippen molar-refractivity contribution < 1.29 is 4.79 Å². The van der Waals surface area contributed by atoms with E-state index in [9.17, 15) is 4.79 Å². The summed E-state index contributed by atoms with van der Waals surface area (Å²) in [6.07, 6.45) is 1.98. The molecule has 5 heteroatoms. The second kappa shape index (κ2) is 4.55. The fourth-order valence-corrected chi connectivity index (χ4v) is 1.98. The Balaban J connectivity index is 2.30. The van der Waals surface area contributed by atoms with Crippen LogP contribution in [0.5, 0.6) is 0 Å². The van der Waals surface area contributed by atoms with Crippen molar-refractivity contribution in [3.63, 3.8) is 0 Å². The lowest BCUT2D eigenvalue weighted by Crippen LogP contribution is -2.32. The van der Waals surface area contributed by atoms with Gasteiger partial charge in [0.2, 0.25) is 5.91 Å². The fraction of sp³-hybridized carbons (Fsp3) is 0.167. The van der Waals surface area contributed by atoms with E-state index >= 15 is 0 Å². The molecule has 0 atom stereocenters. The summed E-state index contributed by atoms with van der Waals surface area (Å²) in [5, 5.41) is 6.94. The molecule has 0 aliphatic rings. The van der Waals surface area contributed by atoms with Crippen LogP contribution in [0.15, 0.2) is 30.5 Å². The normalized spacial score (nSPS) is 10.2. The van der Waals surface area contributed by atoms with Gasteiger partial charge in [-0.2, -0.15) is 0 Å². The molecule has 1 heterocycles. The van der Waals surface area contributed by atoms with Crippen LogP contribution in [0.4, 0.5) is 5.69 Å². The maximum absolute atomic E-state index is 10.9. The number of benzene rings is 1. The molecule has 0 fully saturated rings. The van der Waals surface area contributed by atoms with Crippen molar-refractivity contribution in [2.45, 2.75) is 6.92 Å². The molecular weight excluding hydrogens is 234 g/mol. The highest BCUT2D eigenvalue weighted by atomic mass is 32.1. The number of carbonyl (C=O) groups is 1. The van der Waals surface area contributed by atoms with Gasteiger partial charge in [-0.15, -0.1) is 0 Å². The number of rotatable bonds is 1. The van der Waals surface area contributed by atoms with E-state index in [1.165, 1.54) is 6.92 Å². The van der Waals surface area contributed by atoms with Crippen molar-refractivity contribution >= 4 is 39.8 Å². The molecule has 0 aliphatic carbocycles. The van der Waals surface area contributed by atoms with Crippen LogP contribution < -0.4 is 10.6 Å². The Bertz CT molecular complexity index is 588. The van der Waals surface area contributed by atoms with Crippen molar-refractivity contribution in [1.82, 2.24) is 9.88 Å². The quantitative estimate of drug-likeness (QED) is 0.758. The predicted molar refractivity (Wildman–Crippen MR) is 73.0 cm³/mol. The number of hydrogen-bond donors (Lipinski definition) is 2. The van der Waals surface area contributed by atoms with Gasteiger partial charge in [0, 0.05) is 36.8 Å². The summed E-state index contributed by atoms with van der Waals surface area (Å²) in [4.78, 5) is 10.9. The first-order chi connectivity index (χ1) is 8.08. The number of amides is 1. The van der Waals surface area contributed by atoms with Crippen LogP contribution >= 0.6 is 12.2 Å². The summed E-state index contributed by atoms with van der Waals surface area (Å²) >= 11 is 5.03. The number of carbonyl (C=O) groups excluding carboxylic acids is 1. The van der Waals surface area contributed by atoms with Gasteiger partial charge >= 0.3 is 0 Å². The van der Waals surface area contributed by atoms with Gasteiger partial charge in [0.15, 0.2) is 5.11 Å². The zero-order valence-corrected chi connectivity index (χ0v) is 10.5. The molecule has 0 aliphatic heterocycles. The Labute approximate surface area is 105 Å². The molecule has 0 saturated carbocycles. The first kappa shape index (κ1) is 11.6. The van der Waals surface area contributed by atoms with Gasteiger partial charge < -0.3 is 15.2 Å². The second-order valence-corrected chi connectivity index (χ2v) is 4.21. The second-order valence-electron chi connectivity index (χ2n) is 3.80. The highest BCUT2D eigenvalue weighted by Crippen LogP contribution is 2.23. The van der Waals surface area contributed by atoms with Gasteiger partial charge in [0.25, 0.3) is 0 Å². The van der Waals surface area contributed by atoms with Crippen LogP contribution in [0.25, 0.3) is 10.9 Å². The van der Waals surface area contributed by atoms with E-state index in [-0.39, 0.29) is 5.91 Å². The first-order valence-electron chi connectivity index (χ1n) is 5.20. The van der Waals surface area contributed by atoms with Crippen LogP contribution in [0.3, 0.4) is 0 Å². The molecule has 2 N–H and O–H groups in total. The van der Waals surface area contributed by atoms with E-state index in [0.29, 0.717) is 5.11 Å². The number of thiocarbonyl (C=S) groups is 1. The molecule has 0 spiro atoms. The standard InChI is InChI=1S/C12H13N3OS/c1-8(16)13-12(17)14-10-4-3-5-11-9(10)6-7-15(11)2/h3-7H,1-2H3,(H2,13,14,16,17). The molecule has 1 aromatic heterocycles. The number of aromatic nitrogens is 1. The van der Waals surface area contributed by atoms with Crippen molar-refractivity contribution in [3.8, 4) is 0 Å². The zero-order valence-electron chi connectivity index (χ0n) is 9.65. The smallest absolute Gasteiger partial charge is 0.222 e. The molecule has 1 amide bonds. The van der Waals surface area contributed by atoms with E-state index in [1.54, 1.807) is 0 Å². The SMILES string of the molecule is CC(=O)NC(=S)Nc1cccc2c1ccn2C. The van der Waals surface area contributed by atoms with Crippen molar-refractivity contribution in [2.75, 3.05) is 5.32 Å². The number of nitrogens with one attached hydrogen (secondary N) is 2. The lowest BCUT2D eigenvalue weighted by Gasteiger charge is -2.09. The minimum atomic E-state index is -0.178. The van der Waals surface area contributed by atoms with Crippen molar-refractivity contribution in [2.24, 2.45) is 7.05 Å². The highest BCUT2D eigenvalue weighted by molar-refractivity contribution is 7.80.